The van der Waals surface area contributed by atoms with E-state index < -0.39 is 11.6 Å². The molecule has 2 heterocycles. The molecule has 1 N–H and O–H groups in total. The first-order valence-electron chi connectivity index (χ1n) is 11.5. The highest BCUT2D eigenvalue weighted by atomic mass is 19.1. The van der Waals surface area contributed by atoms with Crippen molar-refractivity contribution in [3.8, 4) is 11.6 Å². The number of anilines is 1. The number of hydrogen-bond acceptors (Lipinski definition) is 7. The number of pyridine rings is 2. The van der Waals surface area contributed by atoms with Crippen LogP contribution >= 0.6 is 0 Å². The van der Waals surface area contributed by atoms with Gasteiger partial charge < -0.3 is 19.5 Å². The first-order valence-corrected chi connectivity index (χ1v) is 11.5. The molecule has 0 radical (unpaired) electrons. The van der Waals surface area contributed by atoms with Gasteiger partial charge in [0, 0.05) is 23.6 Å². The number of rotatable bonds is 10. The largest absolute Gasteiger partial charge is 0.487 e. The molecular formula is C27H27F2N3O4. The van der Waals surface area contributed by atoms with Gasteiger partial charge in [-0.05, 0) is 48.7 Å². The molecule has 0 spiro atoms. The lowest BCUT2D eigenvalue weighted by Crippen LogP contribution is -2.10. The van der Waals surface area contributed by atoms with Crippen LogP contribution in [0.2, 0.25) is 0 Å². The molecule has 4 rings (SSSR count). The van der Waals surface area contributed by atoms with Gasteiger partial charge in [0.15, 0.2) is 6.73 Å². The van der Waals surface area contributed by atoms with E-state index >= 15 is 0 Å². The summed E-state index contributed by atoms with van der Waals surface area (Å²) in [5.41, 5.74) is 3.61. The van der Waals surface area contributed by atoms with E-state index in [2.05, 4.69) is 21.9 Å². The fourth-order valence-electron chi connectivity index (χ4n) is 4.24. The molecule has 0 bridgehead atoms. The lowest BCUT2D eigenvalue weighted by Gasteiger charge is -2.17. The number of halogens is 2. The maximum Gasteiger partial charge on any atom is 0.224 e. The summed E-state index contributed by atoms with van der Waals surface area (Å²) in [6.07, 6.45) is 3.65. The SMILES string of the molecule is C=C(OCNc1ccc(F)c(COc2cnc3c(c2)C(CC)C(=O)C3)c1C)c1cc(F)cnc1OC. The summed E-state index contributed by atoms with van der Waals surface area (Å²) in [4.78, 5) is 20.4. The zero-order valence-corrected chi connectivity index (χ0v) is 20.4. The fraction of sp³-hybridized carbons (Fsp3) is 0.296. The number of ketones is 1. The molecular weight excluding hydrogens is 468 g/mol. The predicted octanol–water partition coefficient (Wildman–Crippen LogP) is 5.33. The summed E-state index contributed by atoms with van der Waals surface area (Å²) in [5.74, 6) is -0.115. The van der Waals surface area contributed by atoms with Gasteiger partial charge in [-0.15, -0.1) is 0 Å². The number of benzene rings is 1. The van der Waals surface area contributed by atoms with Crippen molar-refractivity contribution in [2.75, 3.05) is 19.2 Å². The van der Waals surface area contributed by atoms with Crippen molar-refractivity contribution in [3.63, 3.8) is 0 Å². The van der Waals surface area contributed by atoms with Gasteiger partial charge in [0.2, 0.25) is 5.88 Å². The Hall–Kier alpha value is -4.01. The van der Waals surface area contributed by atoms with Gasteiger partial charge in [0.1, 0.15) is 35.5 Å². The van der Waals surface area contributed by atoms with Crippen LogP contribution in [0.25, 0.3) is 5.76 Å². The lowest BCUT2D eigenvalue weighted by molar-refractivity contribution is -0.119. The standard InChI is InChI=1S/C27H27F2N3O4/c1-5-19-21-9-18(12-30-25(21)10-26(19)33)35-13-22-15(2)24(7-6-23(22)29)32-14-36-16(3)20-8-17(28)11-31-27(20)34-4/h6-9,11-12,19,32H,3,5,10,13-14H2,1-2,4H3. The van der Waals surface area contributed by atoms with E-state index in [0.29, 0.717) is 41.0 Å². The van der Waals surface area contributed by atoms with Crippen molar-refractivity contribution in [3.05, 3.63) is 82.8 Å². The van der Waals surface area contributed by atoms with Crippen LogP contribution in [0.1, 0.15) is 47.2 Å². The molecule has 0 fully saturated rings. The van der Waals surface area contributed by atoms with Crippen LogP contribution in [0.5, 0.6) is 11.6 Å². The second-order valence-corrected chi connectivity index (χ2v) is 8.40. The minimum atomic E-state index is -0.544. The topological polar surface area (TPSA) is 82.6 Å². The Bertz CT molecular complexity index is 1310. The number of nitrogens with zero attached hydrogens (tertiary/aromatic N) is 2. The van der Waals surface area contributed by atoms with Crippen molar-refractivity contribution in [1.82, 2.24) is 9.97 Å². The lowest BCUT2D eigenvalue weighted by atomic mass is 9.99. The Morgan fingerprint density at radius 1 is 1.22 bits per heavy atom. The monoisotopic (exact) mass is 495 g/mol. The van der Waals surface area contributed by atoms with Gasteiger partial charge in [0.05, 0.1) is 30.8 Å². The molecule has 0 amide bonds. The third kappa shape index (κ3) is 5.15. The van der Waals surface area contributed by atoms with Crippen LogP contribution in [0.4, 0.5) is 14.5 Å². The van der Waals surface area contributed by atoms with E-state index in [1.807, 2.05) is 13.0 Å². The summed E-state index contributed by atoms with van der Waals surface area (Å²) in [6, 6.07) is 5.99. The molecule has 1 aromatic carbocycles. The molecule has 36 heavy (non-hydrogen) atoms. The second kappa shape index (κ2) is 10.7. The molecule has 1 unspecified atom stereocenters. The molecule has 0 saturated heterocycles. The average Bonchev–Trinajstić information content (AvgIpc) is 3.19. The van der Waals surface area contributed by atoms with Crippen LogP contribution in [-0.4, -0.2) is 29.6 Å². The van der Waals surface area contributed by atoms with Crippen LogP contribution < -0.4 is 14.8 Å². The van der Waals surface area contributed by atoms with Crippen molar-refractivity contribution < 1.29 is 27.8 Å². The third-order valence-corrected chi connectivity index (χ3v) is 6.24. The first kappa shape index (κ1) is 25.1. The molecule has 3 aromatic rings. The molecule has 1 atom stereocenters. The van der Waals surface area contributed by atoms with Crippen LogP contribution in [0.3, 0.4) is 0 Å². The van der Waals surface area contributed by atoms with E-state index in [9.17, 15) is 13.6 Å². The molecule has 1 aliphatic carbocycles. The predicted molar refractivity (Wildman–Crippen MR) is 131 cm³/mol. The minimum absolute atomic E-state index is 0.00749. The Labute approximate surface area is 208 Å². The van der Waals surface area contributed by atoms with Gasteiger partial charge in [0.25, 0.3) is 0 Å². The van der Waals surface area contributed by atoms with Crippen molar-refractivity contribution in [2.24, 2.45) is 0 Å². The summed E-state index contributed by atoms with van der Waals surface area (Å²) in [6.45, 7) is 7.52. The third-order valence-electron chi connectivity index (χ3n) is 6.24. The van der Waals surface area contributed by atoms with Crippen molar-refractivity contribution in [1.29, 1.82) is 0 Å². The Balaban J connectivity index is 1.41. The van der Waals surface area contributed by atoms with Gasteiger partial charge >= 0.3 is 0 Å². The highest BCUT2D eigenvalue weighted by molar-refractivity contribution is 5.91. The van der Waals surface area contributed by atoms with E-state index in [1.54, 1.807) is 19.2 Å². The zero-order valence-electron chi connectivity index (χ0n) is 20.4. The number of carbonyl (C=O) groups excluding carboxylic acids is 1. The summed E-state index contributed by atoms with van der Waals surface area (Å²) < 4.78 is 44.8. The van der Waals surface area contributed by atoms with Gasteiger partial charge in [-0.2, -0.15) is 0 Å². The smallest absolute Gasteiger partial charge is 0.224 e. The molecule has 9 heteroatoms. The fourth-order valence-corrected chi connectivity index (χ4v) is 4.24. The number of carbonyl (C=O) groups is 1. The van der Waals surface area contributed by atoms with E-state index in [-0.39, 0.29) is 36.7 Å². The molecule has 7 nitrogen and oxygen atoms in total. The summed E-state index contributed by atoms with van der Waals surface area (Å²) in [7, 11) is 1.42. The summed E-state index contributed by atoms with van der Waals surface area (Å²) >= 11 is 0. The number of aromatic nitrogens is 2. The van der Waals surface area contributed by atoms with Gasteiger partial charge in [-0.3, -0.25) is 9.78 Å². The first-order chi connectivity index (χ1) is 17.3. The highest BCUT2D eigenvalue weighted by Gasteiger charge is 2.30. The zero-order chi connectivity index (χ0) is 25.8. The molecule has 0 aliphatic heterocycles. The minimum Gasteiger partial charge on any atom is -0.487 e. The maximum absolute atomic E-state index is 14.6. The number of methoxy groups -OCH3 is 1. The van der Waals surface area contributed by atoms with Crippen LogP contribution in [0.15, 0.2) is 43.2 Å². The van der Waals surface area contributed by atoms with Crippen LogP contribution in [0, 0.1) is 18.6 Å². The van der Waals surface area contributed by atoms with Gasteiger partial charge in [-0.25, -0.2) is 13.8 Å². The molecule has 188 valence electrons. The molecule has 0 saturated carbocycles. The quantitative estimate of drug-likeness (QED) is 0.301. The average molecular weight is 496 g/mol. The van der Waals surface area contributed by atoms with E-state index in [0.717, 1.165) is 17.5 Å². The van der Waals surface area contributed by atoms with Crippen molar-refractivity contribution in [2.45, 2.75) is 39.2 Å². The van der Waals surface area contributed by atoms with Crippen molar-refractivity contribution >= 4 is 17.2 Å². The Kier molecular flexibility index (Phi) is 7.47. The number of fused-ring (bicyclic) bond motifs is 1. The Morgan fingerprint density at radius 3 is 2.78 bits per heavy atom. The highest BCUT2D eigenvalue weighted by Crippen LogP contribution is 2.34. The molecule has 1 aliphatic rings. The summed E-state index contributed by atoms with van der Waals surface area (Å²) in [5, 5.41) is 3.07. The maximum atomic E-state index is 14.6. The van der Waals surface area contributed by atoms with Gasteiger partial charge in [-0.1, -0.05) is 13.5 Å². The Morgan fingerprint density at radius 2 is 2.03 bits per heavy atom. The van der Waals surface area contributed by atoms with Crippen LogP contribution in [-0.2, 0) is 22.6 Å². The number of ether oxygens (including phenoxy) is 3. The number of nitrogens with one attached hydrogen (secondary N) is 1. The second-order valence-electron chi connectivity index (χ2n) is 8.40. The van der Waals surface area contributed by atoms with E-state index in [1.165, 1.54) is 19.2 Å². The number of hydrogen-bond donors (Lipinski definition) is 1. The normalized spacial score (nSPS) is 14.4. The van der Waals surface area contributed by atoms with E-state index in [4.69, 9.17) is 14.2 Å². The number of Topliss-reactive ketones (excluding diaryl/α,β-unsaturated/α-hetero) is 1. The molecule has 2 aromatic heterocycles.